The molecule has 1 heterocycles. The Hall–Kier alpha value is -0.500. The van der Waals surface area contributed by atoms with Crippen molar-refractivity contribution in [3.8, 4) is 0 Å². The number of benzene rings is 1. The SMILES string of the molecule is CC1C(N)CCN1S(=O)(=O)c1ccc(Br)c(F)c1. The number of nitrogens with two attached hydrogens (primary N) is 1. The van der Waals surface area contributed by atoms with Gasteiger partial charge < -0.3 is 5.73 Å². The van der Waals surface area contributed by atoms with Crippen LogP contribution >= 0.6 is 15.9 Å². The van der Waals surface area contributed by atoms with Crippen molar-refractivity contribution in [2.45, 2.75) is 30.3 Å². The lowest BCUT2D eigenvalue weighted by atomic mass is 10.2. The molecule has 18 heavy (non-hydrogen) atoms. The molecule has 2 N–H and O–H groups in total. The van der Waals surface area contributed by atoms with Gasteiger partial charge in [-0.1, -0.05) is 0 Å². The molecule has 0 bridgehead atoms. The number of hydrogen-bond donors (Lipinski definition) is 1. The van der Waals surface area contributed by atoms with E-state index in [4.69, 9.17) is 5.73 Å². The molecule has 0 aliphatic carbocycles. The normalized spacial score (nSPS) is 25.6. The van der Waals surface area contributed by atoms with Gasteiger partial charge in [0.2, 0.25) is 10.0 Å². The van der Waals surface area contributed by atoms with Crippen LogP contribution < -0.4 is 5.73 Å². The molecule has 1 fully saturated rings. The summed E-state index contributed by atoms with van der Waals surface area (Å²) in [4.78, 5) is -0.0378. The maximum absolute atomic E-state index is 13.4. The first-order valence-electron chi connectivity index (χ1n) is 5.56. The van der Waals surface area contributed by atoms with Crippen molar-refractivity contribution in [1.29, 1.82) is 0 Å². The molecular formula is C11H14BrFN2O2S. The van der Waals surface area contributed by atoms with Gasteiger partial charge in [-0.15, -0.1) is 0 Å². The molecule has 1 aromatic rings. The number of sulfonamides is 1. The maximum Gasteiger partial charge on any atom is 0.243 e. The Morgan fingerprint density at radius 2 is 2.17 bits per heavy atom. The number of rotatable bonds is 2. The van der Waals surface area contributed by atoms with E-state index in [0.29, 0.717) is 13.0 Å². The molecule has 2 unspecified atom stereocenters. The zero-order valence-electron chi connectivity index (χ0n) is 9.81. The maximum atomic E-state index is 13.4. The van der Waals surface area contributed by atoms with Crippen molar-refractivity contribution < 1.29 is 12.8 Å². The van der Waals surface area contributed by atoms with Gasteiger partial charge in [-0.2, -0.15) is 4.31 Å². The van der Waals surface area contributed by atoms with Crippen molar-refractivity contribution >= 4 is 26.0 Å². The fourth-order valence-corrected chi connectivity index (χ4v) is 4.00. The van der Waals surface area contributed by atoms with Gasteiger partial charge in [0.25, 0.3) is 0 Å². The predicted octanol–water partition coefficient (Wildman–Crippen LogP) is 1.70. The summed E-state index contributed by atoms with van der Waals surface area (Å²) in [6, 6.07) is 3.37. The number of halogens is 2. The minimum absolute atomic E-state index is 0.0378. The van der Waals surface area contributed by atoms with Crippen molar-refractivity contribution in [1.82, 2.24) is 4.31 Å². The molecule has 2 atom stereocenters. The molecule has 0 saturated carbocycles. The average Bonchev–Trinajstić information content (AvgIpc) is 2.64. The topological polar surface area (TPSA) is 63.4 Å². The lowest BCUT2D eigenvalue weighted by Gasteiger charge is -2.22. The van der Waals surface area contributed by atoms with Crippen LogP contribution in [0.15, 0.2) is 27.6 Å². The van der Waals surface area contributed by atoms with E-state index in [1.54, 1.807) is 6.92 Å². The fourth-order valence-electron chi connectivity index (χ4n) is 2.05. The first kappa shape index (κ1) is 13.9. The monoisotopic (exact) mass is 336 g/mol. The van der Waals surface area contributed by atoms with Gasteiger partial charge >= 0.3 is 0 Å². The molecule has 1 aliphatic rings. The van der Waals surface area contributed by atoms with E-state index in [9.17, 15) is 12.8 Å². The molecule has 0 spiro atoms. The quantitative estimate of drug-likeness (QED) is 0.893. The zero-order valence-corrected chi connectivity index (χ0v) is 12.2. The van der Waals surface area contributed by atoms with E-state index in [1.165, 1.54) is 16.4 Å². The van der Waals surface area contributed by atoms with Crippen LogP contribution in [0.3, 0.4) is 0 Å². The van der Waals surface area contributed by atoms with E-state index in [-0.39, 0.29) is 21.5 Å². The third kappa shape index (κ3) is 2.32. The van der Waals surface area contributed by atoms with Crippen molar-refractivity contribution in [2.24, 2.45) is 5.73 Å². The Bertz CT molecular complexity index is 564. The molecular weight excluding hydrogens is 323 g/mol. The second-order valence-electron chi connectivity index (χ2n) is 4.38. The van der Waals surface area contributed by atoms with Crippen molar-refractivity contribution in [2.75, 3.05) is 6.54 Å². The van der Waals surface area contributed by atoms with Gasteiger partial charge in [0.15, 0.2) is 0 Å². The zero-order chi connectivity index (χ0) is 13.5. The highest BCUT2D eigenvalue weighted by molar-refractivity contribution is 9.10. The highest BCUT2D eigenvalue weighted by Crippen LogP contribution is 2.27. The fraction of sp³-hybridized carbons (Fsp3) is 0.455. The summed E-state index contributed by atoms with van der Waals surface area (Å²) in [5.74, 6) is -0.591. The van der Waals surface area contributed by atoms with Gasteiger partial charge in [-0.3, -0.25) is 0 Å². The first-order valence-corrected chi connectivity index (χ1v) is 7.80. The highest BCUT2D eigenvalue weighted by atomic mass is 79.9. The van der Waals surface area contributed by atoms with Gasteiger partial charge in [0, 0.05) is 18.6 Å². The minimum Gasteiger partial charge on any atom is -0.326 e. The molecule has 0 radical (unpaired) electrons. The average molecular weight is 337 g/mol. The largest absolute Gasteiger partial charge is 0.326 e. The van der Waals surface area contributed by atoms with Crippen molar-refractivity contribution in [3.05, 3.63) is 28.5 Å². The van der Waals surface area contributed by atoms with Crippen LogP contribution in [-0.4, -0.2) is 31.4 Å². The minimum atomic E-state index is -3.67. The van der Waals surface area contributed by atoms with Gasteiger partial charge in [0.1, 0.15) is 5.82 Å². The Balaban J connectivity index is 2.39. The van der Waals surface area contributed by atoms with Crippen LogP contribution in [0.4, 0.5) is 4.39 Å². The molecule has 0 amide bonds. The standard InChI is InChI=1S/C11H14BrFN2O2S/c1-7-11(14)4-5-15(7)18(16,17)8-2-3-9(12)10(13)6-8/h2-3,6-7,11H,4-5,14H2,1H3. The number of nitrogens with zero attached hydrogens (tertiary/aromatic N) is 1. The van der Waals surface area contributed by atoms with Crippen LogP contribution in [-0.2, 0) is 10.0 Å². The van der Waals surface area contributed by atoms with Crippen LogP contribution in [0.25, 0.3) is 0 Å². The summed E-state index contributed by atoms with van der Waals surface area (Å²) in [5.41, 5.74) is 5.81. The summed E-state index contributed by atoms with van der Waals surface area (Å²) in [5, 5.41) is 0. The van der Waals surface area contributed by atoms with Crippen LogP contribution in [0.5, 0.6) is 0 Å². The molecule has 1 aliphatic heterocycles. The van der Waals surface area contributed by atoms with E-state index in [2.05, 4.69) is 15.9 Å². The predicted molar refractivity (Wildman–Crippen MR) is 70.0 cm³/mol. The lowest BCUT2D eigenvalue weighted by molar-refractivity contribution is 0.393. The molecule has 1 saturated heterocycles. The van der Waals surface area contributed by atoms with Gasteiger partial charge in [-0.25, -0.2) is 12.8 Å². The summed E-state index contributed by atoms with van der Waals surface area (Å²) >= 11 is 3.00. The molecule has 100 valence electrons. The van der Waals surface area contributed by atoms with Gasteiger partial charge in [0.05, 0.1) is 9.37 Å². The lowest BCUT2D eigenvalue weighted by Crippen LogP contribution is -2.40. The third-order valence-corrected chi connectivity index (χ3v) is 5.88. The summed E-state index contributed by atoms with van der Waals surface area (Å²) in [6.07, 6.45) is 0.624. The second-order valence-corrected chi connectivity index (χ2v) is 7.13. The summed E-state index contributed by atoms with van der Waals surface area (Å²) < 4.78 is 39.7. The van der Waals surface area contributed by atoms with Crippen LogP contribution in [0.2, 0.25) is 0 Å². The Morgan fingerprint density at radius 1 is 1.50 bits per heavy atom. The van der Waals surface area contributed by atoms with E-state index < -0.39 is 15.8 Å². The van der Waals surface area contributed by atoms with Crippen LogP contribution in [0, 0.1) is 5.82 Å². The summed E-state index contributed by atoms with van der Waals surface area (Å²) in [7, 11) is -3.67. The first-order chi connectivity index (χ1) is 8.34. The molecule has 7 heteroatoms. The number of hydrogen-bond acceptors (Lipinski definition) is 3. The molecule has 0 aromatic heterocycles. The molecule has 4 nitrogen and oxygen atoms in total. The Kier molecular flexibility index (Phi) is 3.77. The molecule has 2 rings (SSSR count). The van der Waals surface area contributed by atoms with Crippen LogP contribution in [0.1, 0.15) is 13.3 Å². The van der Waals surface area contributed by atoms with Gasteiger partial charge in [-0.05, 0) is 47.5 Å². The molecule has 1 aromatic carbocycles. The Morgan fingerprint density at radius 3 is 2.67 bits per heavy atom. The van der Waals surface area contributed by atoms with E-state index in [1.807, 2.05) is 0 Å². The van der Waals surface area contributed by atoms with E-state index in [0.717, 1.165) is 6.07 Å². The smallest absolute Gasteiger partial charge is 0.243 e. The summed E-state index contributed by atoms with van der Waals surface area (Å²) in [6.45, 7) is 2.15. The van der Waals surface area contributed by atoms with E-state index >= 15 is 0 Å². The highest BCUT2D eigenvalue weighted by Gasteiger charge is 2.37. The third-order valence-electron chi connectivity index (χ3n) is 3.25. The van der Waals surface area contributed by atoms with Crippen molar-refractivity contribution in [3.63, 3.8) is 0 Å². The second kappa shape index (κ2) is 4.88. The Labute approximate surface area is 114 Å².